The van der Waals surface area contributed by atoms with Crippen LogP contribution < -0.4 is 9.80 Å². The Labute approximate surface area is 134 Å². The predicted molar refractivity (Wildman–Crippen MR) is 88.5 cm³/mol. The number of hydrogen-bond acceptors (Lipinski definition) is 2. The van der Waals surface area contributed by atoms with Gasteiger partial charge in [0, 0.05) is 5.92 Å². The van der Waals surface area contributed by atoms with Crippen molar-refractivity contribution in [3.63, 3.8) is 0 Å². The molecule has 0 amide bonds. The van der Waals surface area contributed by atoms with E-state index in [1.807, 2.05) is 6.07 Å². The Morgan fingerprint density at radius 3 is 2.32 bits per heavy atom. The molecule has 3 N–H and O–H groups in total. The average molecular weight is 308 g/mol. The number of nitrogens with one attached hydrogen (secondary N) is 2. The minimum Gasteiger partial charge on any atom is -0.385 e. The minimum atomic E-state index is -0.346. The summed E-state index contributed by atoms with van der Waals surface area (Å²) in [5.74, 6) is 0.373. The van der Waals surface area contributed by atoms with E-state index in [2.05, 4.69) is 38.1 Å². The van der Waals surface area contributed by atoms with Crippen LogP contribution in [0.4, 0.5) is 0 Å². The average Bonchev–Trinajstić information content (AvgIpc) is 2.56. The minimum absolute atomic E-state index is 0.346. The zero-order valence-corrected chi connectivity index (χ0v) is 14.1. The first-order valence-corrected chi connectivity index (χ1v) is 8.67. The summed E-state index contributed by atoms with van der Waals surface area (Å²) in [6.07, 6.45) is -0.346. The highest BCUT2D eigenvalue weighted by Gasteiger charge is 2.23. The quantitative estimate of drug-likeness (QED) is 0.575. The summed E-state index contributed by atoms with van der Waals surface area (Å²) in [5.41, 5.74) is 1.29. The molecule has 1 fully saturated rings. The molecule has 22 heavy (non-hydrogen) atoms. The molecule has 0 spiro atoms. The van der Waals surface area contributed by atoms with Gasteiger partial charge in [-0.1, -0.05) is 37.3 Å². The molecule has 1 aliphatic rings. The van der Waals surface area contributed by atoms with E-state index in [0.717, 1.165) is 6.54 Å². The van der Waals surface area contributed by atoms with E-state index in [1.54, 1.807) is 4.90 Å². The molecule has 0 bridgehead atoms. The summed E-state index contributed by atoms with van der Waals surface area (Å²) in [6.45, 7) is 12.4. The monoisotopic (exact) mass is 308 g/mol. The Morgan fingerprint density at radius 2 is 1.68 bits per heavy atom. The molecule has 1 aromatic rings. The van der Waals surface area contributed by atoms with Gasteiger partial charge in [0.15, 0.2) is 0 Å². The van der Waals surface area contributed by atoms with Gasteiger partial charge in [0.1, 0.15) is 38.8 Å². The van der Waals surface area contributed by atoms with Crippen LogP contribution >= 0.6 is 0 Å². The number of ether oxygens (including phenoxy) is 1. The first kappa shape index (κ1) is 17.4. The molecule has 1 aromatic carbocycles. The lowest BCUT2D eigenvalue weighted by Gasteiger charge is -2.30. The fourth-order valence-electron chi connectivity index (χ4n) is 3.17. The highest BCUT2D eigenvalue weighted by Crippen LogP contribution is 2.14. The summed E-state index contributed by atoms with van der Waals surface area (Å²) in [5, 5.41) is 10.2. The maximum atomic E-state index is 10.2. The van der Waals surface area contributed by atoms with Crippen molar-refractivity contribution in [3.05, 3.63) is 35.9 Å². The van der Waals surface area contributed by atoms with Gasteiger partial charge in [-0.05, 0) is 12.5 Å². The zero-order valence-electron chi connectivity index (χ0n) is 14.1. The Morgan fingerprint density at radius 1 is 1.05 bits per heavy atom. The summed E-state index contributed by atoms with van der Waals surface area (Å²) in [7, 11) is 0. The number of quaternary nitrogens is 2. The highest BCUT2D eigenvalue weighted by molar-refractivity contribution is 5.18. The van der Waals surface area contributed by atoms with E-state index in [-0.39, 0.29) is 6.10 Å². The smallest absolute Gasteiger partial charge is 0.127 e. The van der Waals surface area contributed by atoms with Crippen molar-refractivity contribution in [1.29, 1.82) is 0 Å². The van der Waals surface area contributed by atoms with Crippen LogP contribution in [0, 0.1) is 0 Å². The third kappa shape index (κ3) is 5.69. The molecule has 2 rings (SSSR count). The summed E-state index contributed by atoms with van der Waals surface area (Å²) in [4.78, 5) is 3.20. The molecule has 0 aromatic heterocycles. The Balaban J connectivity index is 1.61. The van der Waals surface area contributed by atoms with E-state index < -0.39 is 0 Å². The predicted octanol–water partition coefficient (Wildman–Crippen LogP) is -1.03. The zero-order chi connectivity index (χ0) is 15.8. The van der Waals surface area contributed by atoms with Gasteiger partial charge in [0.05, 0.1) is 19.8 Å². The van der Waals surface area contributed by atoms with E-state index >= 15 is 0 Å². The number of rotatable bonds is 8. The lowest BCUT2D eigenvalue weighted by Crippen LogP contribution is -3.28. The molecule has 1 heterocycles. The van der Waals surface area contributed by atoms with Gasteiger partial charge in [-0.25, -0.2) is 0 Å². The van der Waals surface area contributed by atoms with E-state index in [0.29, 0.717) is 19.1 Å². The number of piperazine rings is 1. The van der Waals surface area contributed by atoms with Gasteiger partial charge in [0.25, 0.3) is 0 Å². The largest absolute Gasteiger partial charge is 0.385 e. The third-order valence-corrected chi connectivity index (χ3v) is 4.74. The van der Waals surface area contributed by atoms with Gasteiger partial charge >= 0.3 is 0 Å². The van der Waals surface area contributed by atoms with Crippen LogP contribution in [-0.2, 0) is 4.74 Å². The van der Waals surface area contributed by atoms with Crippen molar-refractivity contribution < 1.29 is 19.6 Å². The van der Waals surface area contributed by atoms with Crippen LogP contribution in [0.2, 0.25) is 0 Å². The molecule has 0 radical (unpaired) electrons. The van der Waals surface area contributed by atoms with Gasteiger partial charge in [-0.15, -0.1) is 0 Å². The summed E-state index contributed by atoms with van der Waals surface area (Å²) < 4.78 is 5.73. The fraction of sp³-hybridized carbons (Fsp3) is 0.667. The lowest BCUT2D eigenvalue weighted by atomic mass is 10.0. The van der Waals surface area contributed by atoms with Crippen LogP contribution in [0.5, 0.6) is 0 Å². The molecule has 1 aliphatic heterocycles. The van der Waals surface area contributed by atoms with E-state index in [1.165, 1.54) is 43.2 Å². The van der Waals surface area contributed by atoms with Gasteiger partial charge in [0.2, 0.25) is 0 Å². The maximum Gasteiger partial charge on any atom is 0.127 e. The molecular weight excluding hydrogens is 276 g/mol. The Bertz CT molecular complexity index is 405. The normalized spacial score (nSPS) is 24.9. The van der Waals surface area contributed by atoms with Crippen LogP contribution in [0.15, 0.2) is 30.3 Å². The van der Waals surface area contributed by atoms with E-state index in [4.69, 9.17) is 4.74 Å². The van der Waals surface area contributed by atoms with Crippen LogP contribution in [-0.4, -0.2) is 63.7 Å². The molecule has 1 saturated heterocycles. The van der Waals surface area contributed by atoms with Crippen molar-refractivity contribution in [3.8, 4) is 0 Å². The van der Waals surface area contributed by atoms with Crippen molar-refractivity contribution in [1.82, 2.24) is 0 Å². The number of likely N-dealkylation sites (N-methyl/N-ethyl adjacent to an activating group) is 1. The van der Waals surface area contributed by atoms with Crippen LogP contribution in [0.3, 0.4) is 0 Å². The highest BCUT2D eigenvalue weighted by atomic mass is 16.5. The van der Waals surface area contributed by atoms with Gasteiger partial charge in [-0.2, -0.15) is 0 Å². The van der Waals surface area contributed by atoms with Crippen molar-refractivity contribution in [2.75, 3.05) is 52.5 Å². The molecule has 4 nitrogen and oxygen atoms in total. The van der Waals surface area contributed by atoms with Crippen molar-refractivity contribution in [2.24, 2.45) is 0 Å². The van der Waals surface area contributed by atoms with Crippen LogP contribution in [0.1, 0.15) is 25.3 Å². The molecule has 2 atom stereocenters. The molecule has 124 valence electrons. The second-order valence-corrected chi connectivity index (χ2v) is 6.56. The third-order valence-electron chi connectivity index (χ3n) is 4.74. The lowest BCUT2D eigenvalue weighted by molar-refractivity contribution is -1.01. The number of aliphatic hydroxyl groups is 1. The topological polar surface area (TPSA) is 38.3 Å². The molecule has 0 aliphatic carbocycles. The maximum absolute atomic E-state index is 10.2. The standard InChI is InChI=1S/C18H30N2O2/c1-3-19-9-11-20(12-10-19)13-18(21)15-22-14-16(2)17-7-5-4-6-8-17/h4-8,16,18,21H,3,9-15H2,1-2H3/p+2/t16-,18+/m0/s1. The first-order valence-electron chi connectivity index (χ1n) is 8.67. The number of benzene rings is 1. The van der Waals surface area contributed by atoms with Gasteiger partial charge in [-0.3, -0.25) is 0 Å². The SMILES string of the molecule is CC[NH+]1CC[NH+](C[C@@H](O)COC[C@H](C)c2ccccc2)CC1. The van der Waals surface area contributed by atoms with Crippen molar-refractivity contribution >= 4 is 0 Å². The Hall–Kier alpha value is -0.940. The Kier molecular flexibility index (Phi) is 7.33. The second-order valence-electron chi connectivity index (χ2n) is 6.56. The van der Waals surface area contributed by atoms with Gasteiger partial charge < -0.3 is 19.6 Å². The summed E-state index contributed by atoms with van der Waals surface area (Å²) >= 11 is 0. The van der Waals surface area contributed by atoms with Crippen LogP contribution in [0.25, 0.3) is 0 Å². The molecule has 0 saturated carbocycles. The molecular formula is C18H32N2O2+2. The number of hydrogen-bond donors (Lipinski definition) is 3. The molecule has 4 heteroatoms. The first-order chi connectivity index (χ1) is 10.7. The second kappa shape index (κ2) is 9.26. The van der Waals surface area contributed by atoms with Crippen molar-refractivity contribution in [2.45, 2.75) is 25.9 Å². The fourth-order valence-corrected chi connectivity index (χ4v) is 3.17. The number of aliphatic hydroxyl groups excluding tert-OH is 1. The summed E-state index contributed by atoms with van der Waals surface area (Å²) in [6, 6.07) is 10.4. The molecule has 0 unspecified atom stereocenters. The van der Waals surface area contributed by atoms with E-state index in [9.17, 15) is 5.11 Å².